The second kappa shape index (κ2) is 6.74. The Morgan fingerprint density at radius 3 is 2.65 bits per heavy atom. The van der Waals surface area contributed by atoms with Crippen molar-refractivity contribution in [3.63, 3.8) is 0 Å². The predicted molar refractivity (Wildman–Crippen MR) is 96.9 cm³/mol. The summed E-state index contributed by atoms with van der Waals surface area (Å²) in [6.07, 6.45) is 0. The Morgan fingerprint density at radius 2 is 2.04 bits per heavy atom. The molecular formula is C15H21BrN2O3S2. The standard InChI is InChI=1S/C15H21BrN2O3S2/c1-10-5-6-11(16)7-13(10)23(20,21)18-9-22-8-12(18)14(19)17-15(2,3)4/h5-7,12H,8-9H2,1-4H3,(H,17,19)/t12-/m0/s1. The number of carbonyl (C=O) groups excluding carboxylic acids is 1. The molecule has 8 heteroatoms. The Morgan fingerprint density at radius 1 is 1.39 bits per heavy atom. The van der Waals surface area contributed by atoms with Crippen LogP contribution in [0.4, 0.5) is 0 Å². The van der Waals surface area contributed by atoms with Crippen LogP contribution in [0.25, 0.3) is 0 Å². The highest BCUT2D eigenvalue weighted by Gasteiger charge is 2.41. The van der Waals surface area contributed by atoms with E-state index >= 15 is 0 Å². The van der Waals surface area contributed by atoms with Gasteiger partial charge in [0.05, 0.1) is 10.8 Å². The van der Waals surface area contributed by atoms with Gasteiger partial charge in [-0.1, -0.05) is 22.0 Å². The van der Waals surface area contributed by atoms with Crippen LogP contribution in [0.1, 0.15) is 26.3 Å². The summed E-state index contributed by atoms with van der Waals surface area (Å²) in [4.78, 5) is 12.7. The van der Waals surface area contributed by atoms with E-state index in [0.29, 0.717) is 15.8 Å². The minimum Gasteiger partial charge on any atom is -0.350 e. The first-order valence-corrected chi connectivity index (χ1v) is 10.6. The summed E-state index contributed by atoms with van der Waals surface area (Å²) >= 11 is 4.76. The normalized spacial score (nSPS) is 19.8. The molecule has 0 aromatic heterocycles. The Kier molecular flexibility index (Phi) is 5.50. The first kappa shape index (κ1) is 18.8. The summed E-state index contributed by atoms with van der Waals surface area (Å²) in [5.74, 6) is 0.503. The number of aryl methyl sites for hydroxylation is 1. The molecule has 1 aliphatic rings. The van der Waals surface area contributed by atoms with Crippen molar-refractivity contribution in [2.45, 2.75) is 44.2 Å². The molecule has 1 aromatic rings. The largest absolute Gasteiger partial charge is 0.350 e. The molecule has 0 radical (unpaired) electrons. The summed E-state index contributed by atoms with van der Waals surface area (Å²) < 4.78 is 28.0. The third kappa shape index (κ3) is 4.29. The van der Waals surface area contributed by atoms with Crippen LogP contribution in [0, 0.1) is 6.92 Å². The predicted octanol–water partition coefficient (Wildman–Crippen LogP) is 2.74. The van der Waals surface area contributed by atoms with E-state index in [1.807, 2.05) is 20.8 Å². The van der Waals surface area contributed by atoms with Crippen LogP contribution in [0.3, 0.4) is 0 Å². The number of nitrogens with one attached hydrogen (secondary N) is 1. The van der Waals surface area contributed by atoms with Crippen molar-refractivity contribution in [2.75, 3.05) is 11.6 Å². The summed E-state index contributed by atoms with van der Waals surface area (Å²) in [6.45, 7) is 7.39. The fourth-order valence-corrected chi connectivity index (χ4v) is 6.22. The lowest BCUT2D eigenvalue weighted by atomic mass is 10.1. The van der Waals surface area contributed by atoms with Gasteiger partial charge >= 0.3 is 0 Å². The molecule has 5 nitrogen and oxygen atoms in total. The number of thioether (sulfide) groups is 1. The summed E-state index contributed by atoms with van der Waals surface area (Å²) in [7, 11) is -3.72. The number of benzene rings is 1. The van der Waals surface area contributed by atoms with E-state index in [1.165, 1.54) is 16.1 Å². The van der Waals surface area contributed by atoms with E-state index in [-0.39, 0.29) is 16.7 Å². The lowest BCUT2D eigenvalue weighted by Crippen LogP contribution is -2.52. The molecule has 1 heterocycles. The molecule has 0 unspecified atom stereocenters. The highest BCUT2D eigenvalue weighted by molar-refractivity contribution is 9.10. The molecule has 0 aliphatic carbocycles. The third-order valence-corrected chi connectivity index (χ3v) is 7.05. The van der Waals surface area contributed by atoms with Crippen LogP contribution >= 0.6 is 27.7 Å². The Balaban J connectivity index is 2.35. The minimum atomic E-state index is -3.72. The van der Waals surface area contributed by atoms with Crippen molar-refractivity contribution in [2.24, 2.45) is 0 Å². The molecule has 0 saturated carbocycles. The van der Waals surface area contributed by atoms with Crippen molar-refractivity contribution in [3.8, 4) is 0 Å². The maximum atomic E-state index is 13.0. The summed E-state index contributed by atoms with van der Waals surface area (Å²) in [6, 6.07) is 4.47. The Hall–Kier alpha value is -0.570. The van der Waals surface area contributed by atoms with Gasteiger partial charge in [-0.15, -0.1) is 11.8 Å². The molecule has 1 atom stereocenters. The van der Waals surface area contributed by atoms with Gasteiger partial charge in [0.2, 0.25) is 15.9 Å². The average molecular weight is 421 g/mol. The van der Waals surface area contributed by atoms with E-state index in [2.05, 4.69) is 21.2 Å². The lowest BCUT2D eigenvalue weighted by Gasteiger charge is -2.27. The molecule has 1 N–H and O–H groups in total. The third-order valence-electron chi connectivity index (χ3n) is 3.38. The summed E-state index contributed by atoms with van der Waals surface area (Å²) in [5.41, 5.74) is 0.269. The van der Waals surface area contributed by atoms with Crippen molar-refractivity contribution >= 4 is 43.6 Å². The van der Waals surface area contributed by atoms with Gasteiger partial charge < -0.3 is 5.32 Å². The highest BCUT2D eigenvalue weighted by Crippen LogP contribution is 2.31. The average Bonchev–Trinajstić information content (AvgIpc) is 2.89. The second-order valence-corrected chi connectivity index (χ2v) is 10.3. The molecule has 1 saturated heterocycles. The van der Waals surface area contributed by atoms with Crippen LogP contribution in [0.15, 0.2) is 27.6 Å². The molecule has 1 amide bonds. The van der Waals surface area contributed by atoms with E-state index in [1.54, 1.807) is 25.1 Å². The molecule has 0 bridgehead atoms. The smallest absolute Gasteiger partial charge is 0.244 e. The zero-order chi connectivity index (χ0) is 17.4. The van der Waals surface area contributed by atoms with Crippen molar-refractivity contribution in [3.05, 3.63) is 28.2 Å². The zero-order valence-corrected chi connectivity index (χ0v) is 16.8. The second-order valence-electron chi connectivity index (χ2n) is 6.56. The molecular weight excluding hydrogens is 400 g/mol. The van der Waals surface area contributed by atoms with Gasteiger partial charge in [-0.05, 0) is 45.4 Å². The molecule has 1 aliphatic heterocycles. The van der Waals surface area contributed by atoms with Gasteiger partial charge in [0.15, 0.2) is 0 Å². The maximum Gasteiger partial charge on any atom is 0.244 e. The number of nitrogens with zero attached hydrogens (tertiary/aromatic N) is 1. The summed E-state index contributed by atoms with van der Waals surface area (Å²) in [5, 5.41) is 2.87. The van der Waals surface area contributed by atoms with E-state index in [4.69, 9.17) is 0 Å². The number of hydrogen-bond donors (Lipinski definition) is 1. The lowest BCUT2D eigenvalue weighted by molar-refractivity contribution is -0.125. The number of halogens is 1. The Labute approximate surface area is 150 Å². The van der Waals surface area contributed by atoms with Crippen molar-refractivity contribution in [1.82, 2.24) is 9.62 Å². The monoisotopic (exact) mass is 420 g/mol. The maximum absolute atomic E-state index is 13.0. The number of sulfonamides is 1. The Bertz CT molecular complexity index is 714. The topological polar surface area (TPSA) is 66.5 Å². The van der Waals surface area contributed by atoms with Gasteiger partial charge in [0, 0.05) is 15.8 Å². The van der Waals surface area contributed by atoms with E-state index in [9.17, 15) is 13.2 Å². The minimum absolute atomic E-state index is 0.239. The first-order chi connectivity index (χ1) is 10.5. The number of rotatable bonds is 3. The van der Waals surface area contributed by atoms with E-state index in [0.717, 1.165) is 0 Å². The SMILES string of the molecule is Cc1ccc(Br)cc1S(=O)(=O)N1CSC[C@H]1C(=O)NC(C)(C)C. The highest BCUT2D eigenvalue weighted by atomic mass is 79.9. The van der Waals surface area contributed by atoms with Gasteiger partial charge in [-0.2, -0.15) is 4.31 Å². The number of carbonyl (C=O) groups is 1. The molecule has 2 rings (SSSR count). The van der Waals surface area contributed by atoms with Crippen LogP contribution in [-0.4, -0.2) is 41.8 Å². The van der Waals surface area contributed by atoms with Crippen LogP contribution in [0.2, 0.25) is 0 Å². The molecule has 23 heavy (non-hydrogen) atoms. The molecule has 1 aromatic carbocycles. The van der Waals surface area contributed by atoms with Gasteiger partial charge in [-0.25, -0.2) is 8.42 Å². The zero-order valence-electron chi connectivity index (χ0n) is 13.6. The van der Waals surface area contributed by atoms with Crippen LogP contribution in [-0.2, 0) is 14.8 Å². The van der Waals surface area contributed by atoms with Gasteiger partial charge in [-0.3, -0.25) is 4.79 Å². The fourth-order valence-electron chi connectivity index (χ4n) is 2.30. The first-order valence-electron chi connectivity index (χ1n) is 7.20. The van der Waals surface area contributed by atoms with Crippen LogP contribution in [0.5, 0.6) is 0 Å². The van der Waals surface area contributed by atoms with Gasteiger partial charge in [0.25, 0.3) is 0 Å². The molecule has 128 valence electrons. The van der Waals surface area contributed by atoms with Crippen molar-refractivity contribution in [1.29, 1.82) is 0 Å². The van der Waals surface area contributed by atoms with Crippen LogP contribution < -0.4 is 5.32 Å². The molecule has 1 fully saturated rings. The fraction of sp³-hybridized carbons (Fsp3) is 0.533. The van der Waals surface area contributed by atoms with E-state index < -0.39 is 21.6 Å². The number of hydrogen-bond acceptors (Lipinski definition) is 4. The van der Waals surface area contributed by atoms with Gasteiger partial charge in [0.1, 0.15) is 6.04 Å². The quantitative estimate of drug-likeness (QED) is 0.815. The molecule has 0 spiro atoms. The van der Waals surface area contributed by atoms with Crippen molar-refractivity contribution < 1.29 is 13.2 Å². The number of amides is 1.